The van der Waals surface area contributed by atoms with Crippen molar-refractivity contribution < 1.29 is 4.42 Å². The topological polar surface area (TPSA) is 38.9 Å². The number of hydrogen-bond donors (Lipinski definition) is 0. The van der Waals surface area contributed by atoms with Crippen LogP contribution in [0.3, 0.4) is 0 Å². The Morgan fingerprint density at radius 2 is 1.11 bits per heavy atom. The Hall–Kier alpha value is -6.06. The molecule has 45 heavy (non-hydrogen) atoms. The lowest BCUT2D eigenvalue weighted by atomic mass is 9.84. The summed E-state index contributed by atoms with van der Waals surface area (Å²) in [6.07, 6.45) is 1.90. The van der Waals surface area contributed by atoms with Gasteiger partial charge < -0.3 is 4.42 Å². The van der Waals surface area contributed by atoms with Crippen LogP contribution in [0.15, 0.2) is 162 Å². The van der Waals surface area contributed by atoms with Crippen molar-refractivity contribution in [2.24, 2.45) is 0 Å². The third-order valence-electron chi connectivity index (χ3n) is 8.74. The average Bonchev–Trinajstić information content (AvgIpc) is 3.56. The van der Waals surface area contributed by atoms with E-state index in [1.165, 1.54) is 43.8 Å². The van der Waals surface area contributed by atoms with Gasteiger partial charge in [-0.25, -0.2) is 4.98 Å². The van der Waals surface area contributed by atoms with Crippen molar-refractivity contribution in [1.29, 1.82) is 0 Å². The van der Waals surface area contributed by atoms with Gasteiger partial charge in [-0.1, -0.05) is 115 Å². The lowest BCUT2D eigenvalue weighted by molar-refractivity contribution is 0.620. The van der Waals surface area contributed by atoms with E-state index in [0.717, 1.165) is 38.7 Å². The van der Waals surface area contributed by atoms with Gasteiger partial charge in [-0.2, -0.15) is 0 Å². The first kappa shape index (κ1) is 25.4. The number of pyridine rings is 1. The Morgan fingerprint density at radius 3 is 1.89 bits per heavy atom. The summed E-state index contributed by atoms with van der Waals surface area (Å²) in [7, 11) is 0. The molecule has 9 aromatic rings. The van der Waals surface area contributed by atoms with Gasteiger partial charge in [0, 0.05) is 22.5 Å². The summed E-state index contributed by atoms with van der Waals surface area (Å²) in [6, 6.07) is 53.3. The number of nitrogens with zero attached hydrogens (tertiary/aromatic N) is 2. The number of benzene rings is 7. The van der Waals surface area contributed by atoms with Crippen LogP contribution < -0.4 is 0 Å². The second kappa shape index (κ2) is 10.3. The number of aromatic nitrogens is 2. The van der Waals surface area contributed by atoms with E-state index in [1.807, 2.05) is 36.5 Å². The first-order valence-electron chi connectivity index (χ1n) is 15.2. The summed E-state index contributed by atoms with van der Waals surface area (Å²) in [5.41, 5.74) is 10.7. The summed E-state index contributed by atoms with van der Waals surface area (Å²) in [4.78, 5) is 9.63. The predicted octanol–water partition coefficient (Wildman–Crippen LogP) is 11.4. The lowest BCUT2D eigenvalue weighted by Crippen LogP contribution is -1.93. The van der Waals surface area contributed by atoms with Crippen molar-refractivity contribution in [1.82, 2.24) is 9.97 Å². The Kier molecular flexibility index (Phi) is 5.82. The first-order valence-corrected chi connectivity index (χ1v) is 15.2. The fourth-order valence-corrected chi connectivity index (χ4v) is 6.66. The molecule has 0 amide bonds. The molecule has 0 bridgehead atoms. The first-order chi connectivity index (χ1) is 22.3. The molecule has 0 radical (unpaired) electrons. The minimum absolute atomic E-state index is 0.632. The zero-order valence-corrected chi connectivity index (χ0v) is 24.3. The van der Waals surface area contributed by atoms with E-state index < -0.39 is 0 Å². The molecule has 0 aliphatic rings. The van der Waals surface area contributed by atoms with Crippen molar-refractivity contribution in [3.63, 3.8) is 0 Å². The van der Waals surface area contributed by atoms with Gasteiger partial charge >= 0.3 is 0 Å². The SMILES string of the molecule is c1ccc(-c2c3cc(-c4ccc(-c5nc6ccccc6o5)cc4)ccc3c(-c3ccccc3)c3c2ccc2cccnc23)cc1. The van der Waals surface area contributed by atoms with E-state index in [-0.39, 0.29) is 0 Å². The van der Waals surface area contributed by atoms with Crippen LogP contribution in [0.4, 0.5) is 0 Å². The fraction of sp³-hybridized carbons (Fsp3) is 0. The zero-order valence-electron chi connectivity index (χ0n) is 24.3. The van der Waals surface area contributed by atoms with Crippen LogP contribution in [0, 0.1) is 0 Å². The molecule has 2 heterocycles. The van der Waals surface area contributed by atoms with E-state index in [9.17, 15) is 0 Å². The smallest absolute Gasteiger partial charge is 0.227 e. The number of oxazole rings is 1. The standard InChI is InChI=1S/C42H26N2O/c1-3-10-28(11-4-1)38-34-24-21-30-14-9-25-43-41(30)40(34)39(29-12-5-2-6-13-29)33-23-22-32(26-35(33)38)27-17-19-31(20-18-27)42-44-36-15-7-8-16-37(36)45-42/h1-26H. The molecule has 0 atom stereocenters. The Morgan fingerprint density at radius 1 is 0.444 bits per heavy atom. The molecule has 0 aliphatic heterocycles. The molecule has 0 unspecified atom stereocenters. The van der Waals surface area contributed by atoms with E-state index in [2.05, 4.69) is 126 Å². The maximum atomic E-state index is 6.03. The quantitative estimate of drug-likeness (QED) is 0.155. The Bertz CT molecular complexity index is 2480. The second-order valence-corrected chi connectivity index (χ2v) is 11.4. The Balaban J connectivity index is 1.31. The molecule has 0 spiro atoms. The molecule has 210 valence electrons. The fourth-order valence-electron chi connectivity index (χ4n) is 6.66. The number of fused-ring (bicyclic) bond motifs is 5. The lowest BCUT2D eigenvalue weighted by Gasteiger charge is -2.19. The van der Waals surface area contributed by atoms with Crippen LogP contribution in [0.2, 0.25) is 0 Å². The molecule has 2 aromatic heterocycles. The van der Waals surface area contributed by atoms with Crippen molar-refractivity contribution in [3.8, 4) is 44.8 Å². The monoisotopic (exact) mass is 574 g/mol. The van der Waals surface area contributed by atoms with Gasteiger partial charge in [0.15, 0.2) is 5.58 Å². The number of hydrogen-bond acceptors (Lipinski definition) is 3. The molecular formula is C42H26N2O. The molecule has 0 saturated carbocycles. The zero-order chi connectivity index (χ0) is 29.7. The molecule has 3 heteroatoms. The molecule has 7 aromatic carbocycles. The second-order valence-electron chi connectivity index (χ2n) is 11.4. The molecule has 0 aliphatic carbocycles. The molecule has 0 fully saturated rings. The number of rotatable bonds is 4. The van der Waals surface area contributed by atoms with E-state index >= 15 is 0 Å². The van der Waals surface area contributed by atoms with Crippen LogP contribution in [0.25, 0.3) is 88.4 Å². The summed E-state index contributed by atoms with van der Waals surface area (Å²) >= 11 is 0. The van der Waals surface area contributed by atoms with Crippen LogP contribution in [-0.4, -0.2) is 9.97 Å². The molecular weight excluding hydrogens is 548 g/mol. The molecule has 0 saturated heterocycles. The number of para-hydroxylation sites is 2. The molecule has 0 N–H and O–H groups in total. The van der Waals surface area contributed by atoms with E-state index in [1.54, 1.807) is 0 Å². The summed E-state index contributed by atoms with van der Waals surface area (Å²) in [6.45, 7) is 0. The summed E-state index contributed by atoms with van der Waals surface area (Å²) in [5.74, 6) is 0.632. The molecule has 9 rings (SSSR count). The van der Waals surface area contributed by atoms with Crippen LogP contribution in [0.1, 0.15) is 0 Å². The van der Waals surface area contributed by atoms with Crippen LogP contribution in [0.5, 0.6) is 0 Å². The normalized spacial score (nSPS) is 11.6. The maximum Gasteiger partial charge on any atom is 0.227 e. The summed E-state index contributed by atoms with van der Waals surface area (Å²) < 4.78 is 6.03. The van der Waals surface area contributed by atoms with Gasteiger partial charge in [0.25, 0.3) is 0 Å². The van der Waals surface area contributed by atoms with Gasteiger partial charge in [-0.15, -0.1) is 0 Å². The highest BCUT2D eigenvalue weighted by molar-refractivity contribution is 6.27. The average molecular weight is 575 g/mol. The van der Waals surface area contributed by atoms with Gasteiger partial charge in [-0.3, -0.25) is 4.98 Å². The third kappa shape index (κ3) is 4.21. The minimum Gasteiger partial charge on any atom is -0.436 e. The van der Waals surface area contributed by atoms with Crippen LogP contribution >= 0.6 is 0 Å². The summed E-state index contributed by atoms with van der Waals surface area (Å²) in [5, 5.41) is 5.93. The van der Waals surface area contributed by atoms with Gasteiger partial charge in [0.2, 0.25) is 5.89 Å². The van der Waals surface area contributed by atoms with Crippen molar-refractivity contribution in [2.75, 3.05) is 0 Å². The highest BCUT2D eigenvalue weighted by Gasteiger charge is 2.20. The van der Waals surface area contributed by atoms with E-state index in [4.69, 9.17) is 9.40 Å². The van der Waals surface area contributed by atoms with Gasteiger partial charge in [-0.05, 0) is 85.9 Å². The van der Waals surface area contributed by atoms with Gasteiger partial charge in [0.05, 0.1) is 5.52 Å². The van der Waals surface area contributed by atoms with Crippen LogP contribution in [-0.2, 0) is 0 Å². The predicted molar refractivity (Wildman–Crippen MR) is 186 cm³/mol. The van der Waals surface area contributed by atoms with Crippen molar-refractivity contribution >= 4 is 43.5 Å². The van der Waals surface area contributed by atoms with E-state index in [0.29, 0.717) is 5.89 Å². The van der Waals surface area contributed by atoms with Crippen molar-refractivity contribution in [2.45, 2.75) is 0 Å². The maximum absolute atomic E-state index is 6.03. The highest BCUT2D eigenvalue weighted by Crippen LogP contribution is 2.46. The molecule has 3 nitrogen and oxygen atoms in total. The minimum atomic E-state index is 0.632. The Labute approximate surface area is 260 Å². The van der Waals surface area contributed by atoms with Gasteiger partial charge in [0.1, 0.15) is 5.52 Å². The van der Waals surface area contributed by atoms with Crippen molar-refractivity contribution in [3.05, 3.63) is 158 Å². The largest absolute Gasteiger partial charge is 0.436 e. The third-order valence-corrected chi connectivity index (χ3v) is 8.74. The highest BCUT2D eigenvalue weighted by atomic mass is 16.3.